The Hall–Kier alpha value is -0.220. The molecule has 0 radical (unpaired) electrons. The third-order valence-electron chi connectivity index (χ3n) is 4.02. The van der Waals surface area contributed by atoms with Crippen molar-refractivity contribution in [3.05, 3.63) is 0 Å². The van der Waals surface area contributed by atoms with E-state index < -0.39 is 6.04 Å². The molecule has 0 amide bonds. The highest BCUT2D eigenvalue weighted by Gasteiger charge is 2.39. The lowest BCUT2D eigenvalue weighted by Crippen LogP contribution is -2.34. The molecule has 0 aromatic heterocycles. The van der Waals surface area contributed by atoms with E-state index in [0.29, 0.717) is 5.75 Å². The third-order valence-corrected chi connectivity index (χ3v) is 5.28. The molecule has 92 valence electrons. The molecule has 0 aromatic rings. The second-order valence-corrected chi connectivity index (χ2v) is 6.18. The number of carbonyl (C=O) groups is 1. The van der Waals surface area contributed by atoms with Crippen LogP contribution < -0.4 is 5.73 Å². The lowest BCUT2D eigenvalue weighted by atomic mass is 9.90. The number of rotatable bonds is 5. The molecule has 2 bridgehead atoms. The van der Waals surface area contributed by atoms with E-state index in [1.165, 1.54) is 38.5 Å². The maximum atomic E-state index is 11.1. The summed E-state index contributed by atoms with van der Waals surface area (Å²) >= 11 is 1.82. The van der Waals surface area contributed by atoms with Crippen LogP contribution in [0.3, 0.4) is 0 Å². The van der Waals surface area contributed by atoms with Crippen LogP contribution in [0.5, 0.6) is 0 Å². The number of nitrogens with two attached hydrogens (primary N) is 1. The van der Waals surface area contributed by atoms with Crippen molar-refractivity contribution in [2.75, 3.05) is 18.6 Å². The van der Waals surface area contributed by atoms with Crippen LogP contribution in [-0.4, -0.2) is 30.6 Å². The molecule has 16 heavy (non-hydrogen) atoms. The highest BCUT2D eigenvalue weighted by molar-refractivity contribution is 7.99. The van der Waals surface area contributed by atoms with Gasteiger partial charge < -0.3 is 10.5 Å². The highest BCUT2D eigenvalue weighted by Crippen LogP contribution is 2.49. The quantitative estimate of drug-likeness (QED) is 0.746. The molecule has 2 aliphatic carbocycles. The molecule has 2 fully saturated rings. The second-order valence-electron chi connectivity index (χ2n) is 5.10. The number of carbonyl (C=O) groups excluding carboxylic acids is 1. The van der Waals surface area contributed by atoms with Gasteiger partial charge in [-0.05, 0) is 42.8 Å². The number of thioether (sulfide) groups is 1. The van der Waals surface area contributed by atoms with Crippen LogP contribution in [0.4, 0.5) is 0 Å². The number of hydrogen-bond donors (Lipinski definition) is 1. The van der Waals surface area contributed by atoms with Crippen LogP contribution in [0.15, 0.2) is 0 Å². The molecule has 2 aliphatic rings. The third kappa shape index (κ3) is 2.72. The van der Waals surface area contributed by atoms with Gasteiger partial charge in [0, 0.05) is 5.75 Å². The van der Waals surface area contributed by atoms with Crippen LogP contribution in [0.1, 0.15) is 25.7 Å². The lowest BCUT2D eigenvalue weighted by molar-refractivity contribution is -0.141. The Labute approximate surface area is 101 Å². The van der Waals surface area contributed by atoms with Crippen molar-refractivity contribution < 1.29 is 9.53 Å². The molecule has 4 unspecified atom stereocenters. The standard InChI is InChI=1S/C12H21NO2S/c1-15-12(14)11(13)7-16-6-10-5-8-2-3-9(10)4-8/h8-11H,2-7,13H2,1H3. The second kappa shape index (κ2) is 5.41. The van der Waals surface area contributed by atoms with E-state index in [2.05, 4.69) is 4.74 Å². The van der Waals surface area contributed by atoms with Gasteiger partial charge in [-0.25, -0.2) is 0 Å². The molecule has 0 aromatic carbocycles. The van der Waals surface area contributed by atoms with E-state index >= 15 is 0 Å². The van der Waals surface area contributed by atoms with Gasteiger partial charge in [-0.2, -0.15) is 11.8 Å². The Morgan fingerprint density at radius 3 is 2.88 bits per heavy atom. The number of methoxy groups -OCH3 is 1. The van der Waals surface area contributed by atoms with Crippen LogP contribution in [0.2, 0.25) is 0 Å². The van der Waals surface area contributed by atoms with Gasteiger partial charge in [-0.1, -0.05) is 6.42 Å². The summed E-state index contributed by atoms with van der Waals surface area (Å²) in [6, 6.07) is -0.450. The first-order valence-corrected chi connectivity index (χ1v) is 7.27. The topological polar surface area (TPSA) is 52.3 Å². The molecular weight excluding hydrogens is 222 g/mol. The first-order chi connectivity index (χ1) is 7.70. The van der Waals surface area contributed by atoms with Gasteiger partial charge in [0.05, 0.1) is 7.11 Å². The Morgan fingerprint density at radius 2 is 2.31 bits per heavy atom. The van der Waals surface area contributed by atoms with E-state index in [9.17, 15) is 4.79 Å². The predicted molar refractivity (Wildman–Crippen MR) is 66.3 cm³/mol. The van der Waals surface area contributed by atoms with Crippen LogP contribution in [-0.2, 0) is 9.53 Å². The molecular formula is C12H21NO2S. The van der Waals surface area contributed by atoms with Crippen LogP contribution in [0.25, 0.3) is 0 Å². The number of ether oxygens (including phenoxy) is 1. The molecule has 0 saturated heterocycles. The number of hydrogen-bond acceptors (Lipinski definition) is 4. The Morgan fingerprint density at radius 1 is 1.50 bits per heavy atom. The van der Waals surface area contributed by atoms with E-state index in [1.807, 2.05) is 11.8 Å². The van der Waals surface area contributed by atoms with Gasteiger partial charge in [0.25, 0.3) is 0 Å². The van der Waals surface area contributed by atoms with E-state index in [0.717, 1.165) is 17.8 Å². The SMILES string of the molecule is COC(=O)C(N)CSCC1CC2CCC1C2. The first kappa shape index (κ1) is 12.2. The fourth-order valence-electron chi connectivity index (χ4n) is 3.15. The molecule has 2 N–H and O–H groups in total. The largest absolute Gasteiger partial charge is 0.468 e. The van der Waals surface area contributed by atoms with Crippen LogP contribution in [0, 0.1) is 17.8 Å². The van der Waals surface area contributed by atoms with Gasteiger partial charge in [-0.15, -0.1) is 0 Å². The molecule has 0 spiro atoms. The summed E-state index contributed by atoms with van der Waals surface area (Å²) in [6.07, 6.45) is 5.74. The maximum absolute atomic E-state index is 11.1. The van der Waals surface area contributed by atoms with Crippen molar-refractivity contribution in [2.24, 2.45) is 23.5 Å². The van der Waals surface area contributed by atoms with Gasteiger partial charge in [0.15, 0.2) is 0 Å². The summed E-state index contributed by atoms with van der Waals surface area (Å²) < 4.78 is 4.61. The summed E-state index contributed by atoms with van der Waals surface area (Å²) in [5.41, 5.74) is 5.69. The predicted octanol–water partition coefficient (Wildman–Crippen LogP) is 1.66. The summed E-state index contributed by atoms with van der Waals surface area (Å²) in [4.78, 5) is 11.1. The number of esters is 1. The molecule has 4 atom stereocenters. The maximum Gasteiger partial charge on any atom is 0.323 e. The first-order valence-electron chi connectivity index (χ1n) is 6.12. The summed E-state index contributed by atoms with van der Waals surface area (Å²) in [7, 11) is 1.39. The average molecular weight is 243 g/mol. The molecule has 2 saturated carbocycles. The molecule has 4 heteroatoms. The van der Waals surface area contributed by atoms with Gasteiger partial charge in [0.2, 0.25) is 0 Å². The lowest BCUT2D eigenvalue weighted by Gasteiger charge is -2.21. The highest BCUT2D eigenvalue weighted by atomic mass is 32.2. The van der Waals surface area contributed by atoms with E-state index in [-0.39, 0.29) is 5.97 Å². The zero-order valence-electron chi connectivity index (χ0n) is 9.85. The smallest absolute Gasteiger partial charge is 0.323 e. The van der Waals surface area contributed by atoms with Crippen molar-refractivity contribution in [1.82, 2.24) is 0 Å². The average Bonchev–Trinajstić information content (AvgIpc) is 2.89. The summed E-state index contributed by atoms with van der Waals surface area (Å²) in [5.74, 6) is 4.43. The van der Waals surface area contributed by atoms with Crippen molar-refractivity contribution in [3.8, 4) is 0 Å². The Kier molecular flexibility index (Phi) is 4.14. The zero-order chi connectivity index (χ0) is 11.5. The molecule has 3 nitrogen and oxygen atoms in total. The van der Waals surface area contributed by atoms with Crippen molar-refractivity contribution in [1.29, 1.82) is 0 Å². The van der Waals surface area contributed by atoms with Gasteiger partial charge in [-0.3, -0.25) is 4.79 Å². The Bertz CT molecular complexity index is 259. The molecule has 0 aliphatic heterocycles. The summed E-state index contributed by atoms with van der Waals surface area (Å²) in [6.45, 7) is 0. The molecule has 0 heterocycles. The van der Waals surface area contributed by atoms with Crippen molar-refractivity contribution in [2.45, 2.75) is 31.7 Å². The minimum absolute atomic E-state index is 0.291. The number of fused-ring (bicyclic) bond motifs is 2. The van der Waals surface area contributed by atoms with E-state index in [4.69, 9.17) is 5.73 Å². The van der Waals surface area contributed by atoms with E-state index in [1.54, 1.807) is 0 Å². The fraction of sp³-hybridized carbons (Fsp3) is 0.917. The molecule has 2 rings (SSSR count). The van der Waals surface area contributed by atoms with Crippen molar-refractivity contribution >= 4 is 17.7 Å². The minimum atomic E-state index is -0.450. The normalized spacial score (nSPS) is 34.0. The monoisotopic (exact) mass is 243 g/mol. The van der Waals surface area contributed by atoms with Gasteiger partial charge in [0.1, 0.15) is 6.04 Å². The van der Waals surface area contributed by atoms with Gasteiger partial charge >= 0.3 is 5.97 Å². The summed E-state index contributed by atoms with van der Waals surface area (Å²) in [5, 5.41) is 0. The minimum Gasteiger partial charge on any atom is -0.468 e. The Balaban J connectivity index is 1.63. The zero-order valence-corrected chi connectivity index (χ0v) is 10.7. The van der Waals surface area contributed by atoms with Crippen molar-refractivity contribution in [3.63, 3.8) is 0 Å². The van der Waals surface area contributed by atoms with Crippen LogP contribution >= 0.6 is 11.8 Å². The fourth-order valence-corrected chi connectivity index (χ4v) is 4.38.